The first-order valence-electron chi connectivity index (χ1n) is 9.18. The minimum Gasteiger partial charge on any atom is -0.494 e. The summed E-state index contributed by atoms with van der Waals surface area (Å²) in [6.45, 7) is 8.37. The fraction of sp³-hybridized carbons (Fsp3) is 0.227. The molecule has 0 aliphatic rings. The van der Waals surface area contributed by atoms with Gasteiger partial charge in [-0.1, -0.05) is 6.07 Å². The van der Waals surface area contributed by atoms with E-state index < -0.39 is 0 Å². The maximum absolute atomic E-state index is 12.6. The Kier molecular flexibility index (Phi) is 5.89. The van der Waals surface area contributed by atoms with Gasteiger partial charge in [-0.15, -0.1) is 0 Å². The number of nitrogens with zero attached hydrogens (tertiary/aromatic N) is 2. The Hall–Kier alpha value is -3.41. The molecule has 144 valence electrons. The molecule has 2 aromatic carbocycles. The first-order valence-corrected chi connectivity index (χ1v) is 9.18. The van der Waals surface area contributed by atoms with Crippen molar-refractivity contribution >= 4 is 23.1 Å². The van der Waals surface area contributed by atoms with Gasteiger partial charge in [0.15, 0.2) is 0 Å². The summed E-state index contributed by atoms with van der Waals surface area (Å²) in [7, 11) is 0. The maximum atomic E-state index is 12.6. The van der Waals surface area contributed by atoms with Crippen LogP contribution in [-0.4, -0.2) is 22.5 Å². The number of rotatable bonds is 6. The predicted molar refractivity (Wildman–Crippen MR) is 112 cm³/mol. The summed E-state index contributed by atoms with van der Waals surface area (Å²) in [6.07, 6.45) is 0. The number of benzene rings is 2. The van der Waals surface area contributed by atoms with Gasteiger partial charge >= 0.3 is 0 Å². The van der Waals surface area contributed by atoms with Crippen molar-refractivity contribution in [1.29, 1.82) is 0 Å². The van der Waals surface area contributed by atoms with Crippen LogP contribution in [0.1, 0.15) is 34.4 Å². The SMILES string of the molecule is CCOc1ccc(NC(=O)c2cc(Nc3cc(C)cc(C)c3)nc(C)n2)cc1. The van der Waals surface area contributed by atoms with E-state index in [1.165, 1.54) is 0 Å². The van der Waals surface area contributed by atoms with E-state index in [-0.39, 0.29) is 5.91 Å². The average Bonchev–Trinajstić information content (AvgIpc) is 2.62. The minimum atomic E-state index is -0.293. The molecule has 6 heteroatoms. The molecule has 3 aromatic rings. The Balaban J connectivity index is 1.77. The lowest BCUT2D eigenvalue weighted by atomic mass is 10.1. The standard InChI is InChI=1S/C22H24N4O2/c1-5-28-19-8-6-17(7-9-19)26-22(27)20-13-21(24-16(4)23-20)25-18-11-14(2)10-15(3)12-18/h6-13H,5H2,1-4H3,(H,26,27)(H,23,24,25). The number of carbonyl (C=O) groups excluding carboxylic acids is 1. The number of anilines is 3. The van der Waals surface area contributed by atoms with Crippen molar-refractivity contribution in [3.63, 3.8) is 0 Å². The van der Waals surface area contributed by atoms with Gasteiger partial charge in [0, 0.05) is 17.4 Å². The van der Waals surface area contributed by atoms with E-state index in [0.717, 1.165) is 22.6 Å². The summed E-state index contributed by atoms with van der Waals surface area (Å²) >= 11 is 0. The molecule has 0 atom stereocenters. The molecule has 2 N–H and O–H groups in total. The van der Waals surface area contributed by atoms with Crippen LogP contribution < -0.4 is 15.4 Å². The van der Waals surface area contributed by atoms with Crippen molar-refractivity contribution in [1.82, 2.24) is 9.97 Å². The van der Waals surface area contributed by atoms with Crippen molar-refractivity contribution in [3.8, 4) is 5.75 Å². The monoisotopic (exact) mass is 376 g/mol. The molecule has 0 aliphatic heterocycles. The fourth-order valence-corrected chi connectivity index (χ4v) is 2.94. The second-order valence-electron chi connectivity index (χ2n) is 6.60. The third kappa shape index (κ3) is 5.07. The summed E-state index contributed by atoms with van der Waals surface area (Å²) in [5.41, 5.74) is 4.21. The van der Waals surface area contributed by atoms with Crippen LogP contribution in [0.4, 0.5) is 17.2 Å². The number of amides is 1. The average molecular weight is 376 g/mol. The van der Waals surface area contributed by atoms with Gasteiger partial charge in [-0.05, 0) is 75.2 Å². The number of ether oxygens (including phenoxy) is 1. The molecule has 28 heavy (non-hydrogen) atoms. The topological polar surface area (TPSA) is 76.1 Å². The second-order valence-corrected chi connectivity index (χ2v) is 6.60. The van der Waals surface area contributed by atoms with Crippen LogP contribution in [0.15, 0.2) is 48.5 Å². The van der Waals surface area contributed by atoms with E-state index >= 15 is 0 Å². The zero-order chi connectivity index (χ0) is 20.1. The normalized spacial score (nSPS) is 10.4. The molecule has 3 rings (SSSR count). The zero-order valence-corrected chi connectivity index (χ0v) is 16.5. The number of aromatic nitrogens is 2. The van der Waals surface area contributed by atoms with Crippen molar-refractivity contribution < 1.29 is 9.53 Å². The van der Waals surface area contributed by atoms with Gasteiger partial charge in [-0.2, -0.15) is 0 Å². The Morgan fingerprint density at radius 3 is 2.25 bits per heavy atom. The highest BCUT2D eigenvalue weighted by Crippen LogP contribution is 2.20. The van der Waals surface area contributed by atoms with Crippen LogP contribution in [-0.2, 0) is 0 Å². The summed E-state index contributed by atoms with van der Waals surface area (Å²) in [6, 6.07) is 15.0. The molecular weight excluding hydrogens is 352 g/mol. The summed E-state index contributed by atoms with van der Waals surface area (Å²) in [5.74, 6) is 1.57. The van der Waals surface area contributed by atoms with Crippen LogP contribution in [0.25, 0.3) is 0 Å². The van der Waals surface area contributed by atoms with Crippen LogP contribution in [0.3, 0.4) is 0 Å². The number of hydrogen-bond acceptors (Lipinski definition) is 5. The second kappa shape index (κ2) is 8.52. The van der Waals surface area contributed by atoms with Crippen molar-refractivity contribution in [2.45, 2.75) is 27.7 Å². The first kappa shape index (κ1) is 19.4. The van der Waals surface area contributed by atoms with Gasteiger partial charge in [-0.3, -0.25) is 4.79 Å². The largest absolute Gasteiger partial charge is 0.494 e. The molecule has 1 heterocycles. The van der Waals surface area contributed by atoms with E-state index in [9.17, 15) is 4.79 Å². The highest BCUT2D eigenvalue weighted by Gasteiger charge is 2.11. The summed E-state index contributed by atoms with van der Waals surface area (Å²) < 4.78 is 5.41. The van der Waals surface area contributed by atoms with Gasteiger partial charge in [0.2, 0.25) is 0 Å². The Morgan fingerprint density at radius 2 is 1.61 bits per heavy atom. The van der Waals surface area contributed by atoms with E-state index in [2.05, 4.69) is 26.7 Å². The number of carbonyl (C=O) groups is 1. The molecule has 0 spiro atoms. The van der Waals surface area contributed by atoms with Gasteiger partial charge in [0.1, 0.15) is 23.1 Å². The van der Waals surface area contributed by atoms with Crippen LogP contribution >= 0.6 is 0 Å². The van der Waals surface area contributed by atoms with Gasteiger partial charge in [0.25, 0.3) is 5.91 Å². The summed E-state index contributed by atoms with van der Waals surface area (Å²) in [5, 5.41) is 6.11. The fourth-order valence-electron chi connectivity index (χ4n) is 2.94. The third-order valence-electron chi connectivity index (χ3n) is 3.99. The lowest BCUT2D eigenvalue weighted by Crippen LogP contribution is -2.15. The molecule has 1 aromatic heterocycles. The molecule has 0 radical (unpaired) electrons. The van der Waals surface area contributed by atoms with Crippen LogP contribution in [0, 0.1) is 20.8 Å². The maximum Gasteiger partial charge on any atom is 0.274 e. The van der Waals surface area contributed by atoms with E-state index in [0.29, 0.717) is 29.6 Å². The highest BCUT2D eigenvalue weighted by atomic mass is 16.5. The molecule has 0 saturated carbocycles. The lowest BCUT2D eigenvalue weighted by molar-refractivity contribution is 0.102. The minimum absolute atomic E-state index is 0.293. The molecular formula is C22H24N4O2. The molecule has 0 bridgehead atoms. The molecule has 1 amide bonds. The van der Waals surface area contributed by atoms with Crippen LogP contribution in [0.2, 0.25) is 0 Å². The van der Waals surface area contributed by atoms with Gasteiger partial charge in [0.05, 0.1) is 6.61 Å². The molecule has 0 fully saturated rings. The van der Waals surface area contributed by atoms with Crippen molar-refractivity contribution in [3.05, 3.63) is 71.2 Å². The molecule has 0 unspecified atom stereocenters. The van der Waals surface area contributed by atoms with Crippen molar-refractivity contribution in [2.24, 2.45) is 0 Å². The van der Waals surface area contributed by atoms with Gasteiger partial charge in [-0.25, -0.2) is 9.97 Å². The Labute approximate surface area is 165 Å². The molecule has 6 nitrogen and oxygen atoms in total. The van der Waals surface area contributed by atoms with E-state index in [1.54, 1.807) is 25.1 Å². The summed E-state index contributed by atoms with van der Waals surface area (Å²) in [4.78, 5) is 21.3. The quantitative estimate of drug-likeness (QED) is 0.646. The van der Waals surface area contributed by atoms with Gasteiger partial charge < -0.3 is 15.4 Å². The van der Waals surface area contributed by atoms with E-state index in [4.69, 9.17) is 4.74 Å². The van der Waals surface area contributed by atoms with Crippen molar-refractivity contribution in [2.75, 3.05) is 17.2 Å². The van der Waals surface area contributed by atoms with Crippen LogP contribution in [0.5, 0.6) is 5.75 Å². The number of nitrogens with one attached hydrogen (secondary N) is 2. The Morgan fingerprint density at radius 1 is 0.929 bits per heavy atom. The number of aryl methyl sites for hydroxylation is 3. The Bertz CT molecular complexity index is 964. The highest BCUT2D eigenvalue weighted by molar-refractivity contribution is 6.03. The zero-order valence-electron chi connectivity index (χ0n) is 16.5. The first-order chi connectivity index (χ1) is 13.4. The predicted octanol–water partition coefficient (Wildman–Crippen LogP) is 4.80. The van der Waals surface area contributed by atoms with E-state index in [1.807, 2.05) is 45.0 Å². The smallest absolute Gasteiger partial charge is 0.274 e. The number of hydrogen-bond donors (Lipinski definition) is 2. The lowest BCUT2D eigenvalue weighted by Gasteiger charge is -2.11. The molecule has 0 aliphatic carbocycles. The third-order valence-corrected chi connectivity index (χ3v) is 3.99. The molecule has 0 saturated heterocycles.